The Labute approximate surface area is 356 Å². The van der Waals surface area contributed by atoms with Gasteiger partial charge in [0.05, 0.1) is 0 Å². The lowest BCUT2D eigenvalue weighted by atomic mass is 9.85. The van der Waals surface area contributed by atoms with E-state index in [2.05, 4.69) is 212 Å². The minimum atomic E-state index is 0.637. The van der Waals surface area contributed by atoms with Crippen LogP contribution in [0.1, 0.15) is 0 Å². The number of aromatic nitrogens is 3. The van der Waals surface area contributed by atoms with Gasteiger partial charge >= 0.3 is 0 Å². The smallest absolute Gasteiger partial charge is 0.165 e. The molecule has 0 radical (unpaired) electrons. The summed E-state index contributed by atoms with van der Waals surface area (Å²) in [6.45, 7) is 0. The van der Waals surface area contributed by atoms with E-state index in [1.807, 2.05) is 0 Å². The van der Waals surface area contributed by atoms with Crippen LogP contribution >= 0.6 is 11.3 Å². The summed E-state index contributed by atoms with van der Waals surface area (Å²) in [6, 6.07) is 75.8. The van der Waals surface area contributed by atoms with Gasteiger partial charge < -0.3 is 0 Å². The molecule has 61 heavy (non-hydrogen) atoms. The number of benzene rings is 10. The van der Waals surface area contributed by atoms with E-state index in [-0.39, 0.29) is 0 Å². The predicted molar refractivity (Wildman–Crippen MR) is 258 cm³/mol. The fourth-order valence-corrected chi connectivity index (χ4v) is 10.3. The third-order valence-electron chi connectivity index (χ3n) is 11.9. The van der Waals surface area contributed by atoms with Crippen LogP contribution in [-0.4, -0.2) is 15.0 Å². The van der Waals surface area contributed by atoms with Crippen LogP contribution in [0.2, 0.25) is 0 Å². The first-order valence-corrected chi connectivity index (χ1v) is 21.4. The van der Waals surface area contributed by atoms with Crippen LogP contribution in [0.15, 0.2) is 212 Å². The summed E-state index contributed by atoms with van der Waals surface area (Å²) in [4.78, 5) is 15.8. The highest BCUT2D eigenvalue weighted by atomic mass is 32.1. The zero-order valence-corrected chi connectivity index (χ0v) is 33.8. The Hall–Kier alpha value is -7.79. The van der Waals surface area contributed by atoms with Gasteiger partial charge in [-0.3, -0.25) is 0 Å². The second-order valence-electron chi connectivity index (χ2n) is 15.5. The molecule has 0 fully saturated rings. The number of hydrogen-bond acceptors (Lipinski definition) is 4. The van der Waals surface area contributed by atoms with Gasteiger partial charge in [0.1, 0.15) is 0 Å². The van der Waals surface area contributed by atoms with E-state index in [0.717, 1.165) is 38.6 Å². The maximum atomic E-state index is 5.29. The van der Waals surface area contributed by atoms with Crippen molar-refractivity contribution in [2.75, 3.05) is 0 Å². The van der Waals surface area contributed by atoms with Crippen molar-refractivity contribution in [3.63, 3.8) is 0 Å². The van der Waals surface area contributed by atoms with Gasteiger partial charge in [-0.15, -0.1) is 11.3 Å². The second kappa shape index (κ2) is 14.5. The van der Waals surface area contributed by atoms with Gasteiger partial charge in [-0.25, -0.2) is 15.0 Å². The van der Waals surface area contributed by atoms with Crippen LogP contribution < -0.4 is 0 Å². The summed E-state index contributed by atoms with van der Waals surface area (Å²) in [7, 11) is 0. The van der Waals surface area contributed by atoms with Crippen LogP contribution in [0.4, 0.5) is 0 Å². The molecule has 2 heterocycles. The van der Waals surface area contributed by atoms with E-state index in [4.69, 9.17) is 15.0 Å². The zero-order chi connectivity index (χ0) is 40.3. The quantitative estimate of drug-likeness (QED) is 0.157. The van der Waals surface area contributed by atoms with Gasteiger partial charge in [-0.1, -0.05) is 188 Å². The van der Waals surface area contributed by atoms with Crippen LogP contribution in [0.3, 0.4) is 0 Å². The average molecular weight is 794 g/mol. The van der Waals surface area contributed by atoms with Gasteiger partial charge in [0.25, 0.3) is 0 Å². The summed E-state index contributed by atoms with van der Waals surface area (Å²) >= 11 is 1.79. The molecule has 3 nitrogen and oxygen atoms in total. The third kappa shape index (κ3) is 5.99. The van der Waals surface area contributed by atoms with Gasteiger partial charge in [0.15, 0.2) is 17.5 Å². The Bertz CT molecular complexity index is 3600. The molecule has 0 bridgehead atoms. The monoisotopic (exact) mass is 793 g/mol. The van der Waals surface area contributed by atoms with Crippen molar-refractivity contribution < 1.29 is 0 Å². The molecule has 284 valence electrons. The SMILES string of the molecule is c1ccc(-c2c3ccccc3c(-c3cccc(-c4cccc(-c5nc(-c6cccc7ccccc67)nc(-c6cccc7c6sc6ccccc67)n5)c4)c3)c3ccccc23)cc1. The molecule has 0 saturated heterocycles. The van der Waals surface area contributed by atoms with Crippen molar-refractivity contribution in [1.82, 2.24) is 15.0 Å². The van der Waals surface area contributed by atoms with E-state index in [1.54, 1.807) is 11.3 Å². The fraction of sp³-hybridized carbons (Fsp3) is 0. The lowest BCUT2D eigenvalue weighted by Crippen LogP contribution is -2.01. The zero-order valence-electron chi connectivity index (χ0n) is 33.0. The third-order valence-corrected chi connectivity index (χ3v) is 13.1. The molecule has 0 aliphatic heterocycles. The van der Waals surface area contributed by atoms with Gasteiger partial charge in [0, 0.05) is 36.9 Å². The molecule has 0 aliphatic rings. The fourth-order valence-electron chi connectivity index (χ4n) is 9.14. The Kier molecular flexibility index (Phi) is 8.36. The molecule has 12 aromatic rings. The first-order chi connectivity index (χ1) is 30.2. The molecule has 12 rings (SSSR count). The molecule has 2 aromatic heterocycles. The second-order valence-corrected chi connectivity index (χ2v) is 16.5. The van der Waals surface area contributed by atoms with Crippen molar-refractivity contribution in [3.8, 4) is 67.5 Å². The van der Waals surface area contributed by atoms with E-state index < -0.39 is 0 Å². The summed E-state index contributed by atoms with van der Waals surface area (Å²) in [6.07, 6.45) is 0. The summed E-state index contributed by atoms with van der Waals surface area (Å²) in [5, 5.41) is 9.67. The molecule has 0 amide bonds. The molecule has 10 aromatic carbocycles. The first kappa shape index (κ1) is 35.2. The summed E-state index contributed by atoms with van der Waals surface area (Å²) in [5.74, 6) is 1.95. The van der Waals surface area contributed by atoms with Crippen molar-refractivity contribution in [2.45, 2.75) is 0 Å². The van der Waals surface area contributed by atoms with Gasteiger partial charge in [0.2, 0.25) is 0 Å². The van der Waals surface area contributed by atoms with Crippen molar-refractivity contribution in [1.29, 1.82) is 0 Å². The first-order valence-electron chi connectivity index (χ1n) is 20.6. The highest BCUT2D eigenvalue weighted by Crippen LogP contribution is 2.45. The molecule has 0 aliphatic carbocycles. The normalized spacial score (nSPS) is 11.6. The lowest BCUT2D eigenvalue weighted by Gasteiger charge is -2.18. The molecular formula is C57H35N3S. The largest absolute Gasteiger partial charge is 0.208 e. The number of rotatable bonds is 6. The number of thiophene rings is 1. The van der Waals surface area contributed by atoms with Crippen molar-refractivity contribution in [2.24, 2.45) is 0 Å². The summed E-state index contributed by atoms with van der Waals surface area (Å²) < 4.78 is 2.42. The predicted octanol–water partition coefficient (Wildman–Crippen LogP) is 15.7. The van der Waals surface area contributed by atoms with Crippen LogP contribution in [0.5, 0.6) is 0 Å². The Morgan fingerprint density at radius 2 is 0.721 bits per heavy atom. The molecular weight excluding hydrogens is 759 g/mol. The molecule has 0 unspecified atom stereocenters. The molecule has 0 N–H and O–H groups in total. The standard InChI is InChI=1S/C57H35N3S/c1-2-17-37(18-3-1)52-44-26-6-8-28-46(44)53(47-29-9-7-27-45(47)52)40-22-12-20-38(34-40)39-21-13-23-41(35-39)55-58-56(49-31-14-19-36-16-4-5-24-42(36)49)60-57(59-55)50-32-15-30-48-43-25-10-11-33-51(43)61-54(48)50/h1-35H. The highest BCUT2D eigenvalue weighted by molar-refractivity contribution is 7.26. The highest BCUT2D eigenvalue weighted by Gasteiger charge is 2.20. The Morgan fingerprint density at radius 3 is 1.44 bits per heavy atom. The van der Waals surface area contributed by atoms with E-state index >= 15 is 0 Å². The minimum Gasteiger partial charge on any atom is -0.208 e. The maximum Gasteiger partial charge on any atom is 0.165 e. The van der Waals surface area contributed by atoms with Crippen LogP contribution in [0, 0.1) is 0 Å². The molecule has 4 heteroatoms. The van der Waals surface area contributed by atoms with E-state index in [9.17, 15) is 0 Å². The number of hydrogen-bond donors (Lipinski definition) is 0. The Balaban J connectivity index is 1.03. The maximum absolute atomic E-state index is 5.29. The van der Waals surface area contributed by atoms with Crippen LogP contribution in [0.25, 0.3) is 120 Å². The average Bonchev–Trinajstić information content (AvgIpc) is 3.72. The van der Waals surface area contributed by atoms with Gasteiger partial charge in [-0.2, -0.15) is 0 Å². The van der Waals surface area contributed by atoms with Gasteiger partial charge in [-0.05, 0) is 90.0 Å². The topological polar surface area (TPSA) is 38.7 Å². The lowest BCUT2D eigenvalue weighted by molar-refractivity contribution is 1.08. The number of fused-ring (bicyclic) bond motifs is 6. The molecule has 0 atom stereocenters. The van der Waals surface area contributed by atoms with Crippen molar-refractivity contribution in [3.05, 3.63) is 212 Å². The Morgan fingerprint density at radius 1 is 0.279 bits per heavy atom. The van der Waals surface area contributed by atoms with Crippen LogP contribution in [-0.2, 0) is 0 Å². The molecule has 0 saturated carbocycles. The summed E-state index contributed by atoms with van der Waals surface area (Å²) in [5.41, 5.74) is 10.0. The number of nitrogens with zero attached hydrogens (tertiary/aromatic N) is 3. The van der Waals surface area contributed by atoms with E-state index in [1.165, 1.54) is 64.0 Å². The van der Waals surface area contributed by atoms with Crippen molar-refractivity contribution >= 4 is 63.8 Å². The van der Waals surface area contributed by atoms with E-state index in [0.29, 0.717) is 17.5 Å². The molecule has 0 spiro atoms. The minimum absolute atomic E-state index is 0.637.